The summed E-state index contributed by atoms with van der Waals surface area (Å²) in [6.45, 7) is 0. The molecule has 0 unspecified atom stereocenters. The van der Waals surface area contributed by atoms with Crippen molar-refractivity contribution in [2.45, 2.75) is 51.1 Å². The maximum Gasteiger partial charge on any atom is 0.303 e. The van der Waals surface area contributed by atoms with E-state index in [9.17, 15) is 9.18 Å². The van der Waals surface area contributed by atoms with Crippen LogP contribution < -0.4 is 0 Å². The van der Waals surface area contributed by atoms with Gasteiger partial charge in [-0.3, -0.25) is 4.79 Å². The molecule has 14 heavy (non-hydrogen) atoms. The predicted octanol–water partition coefficient (Wildman–Crippen LogP) is 3.53. The number of rotatable bonds is 9. The molecule has 0 aromatic rings. The van der Waals surface area contributed by atoms with Gasteiger partial charge in [-0.15, -0.1) is 0 Å². The maximum absolute atomic E-state index is 12.7. The third-order valence-corrected chi connectivity index (χ3v) is 2.78. The van der Waals surface area contributed by atoms with Crippen molar-refractivity contribution in [1.82, 2.24) is 0 Å². The van der Waals surface area contributed by atoms with E-state index < -0.39 is 12.1 Å². The summed E-state index contributed by atoms with van der Waals surface area (Å²) in [4.78, 5) is 10.2. The highest BCUT2D eigenvalue weighted by Crippen LogP contribution is 2.11. The van der Waals surface area contributed by atoms with E-state index in [0.29, 0.717) is 11.8 Å². The molecule has 0 aliphatic rings. The summed E-state index contributed by atoms with van der Waals surface area (Å²) in [5, 5.41) is 8.79. The minimum absolute atomic E-state index is 0.257. The summed E-state index contributed by atoms with van der Waals surface area (Å²) in [7, 11) is 0. The lowest BCUT2D eigenvalue weighted by Gasteiger charge is -2.03. The third kappa shape index (κ3) is 9.96. The molecule has 0 amide bonds. The van der Waals surface area contributed by atoms with E-state index in [0.717, 1.165) is 32.1 Å². The van der Waals surface area contributed by atoms with Crippen LogP contribution in [0.5, 0.6) is 0 Å². The lowest BCUT2D eigenvalue weighted by molar-refractivity contribution is -0.137. The van der Waals surface area contributed by atoms with E-state index in [4.69, 9.17) is 5.11 Å². The van der Waals surface area contributed by atoms with Crippen LogP contribution in [-0.2, 0) is 4.79 Å². The van der Waals surface area contributed by atoms with Crippen molar-refractivity contribution >= 4 is 21.9 Å². The van der Waals surface area contributed by atoms with Crippen LogP contribution in [0, 0.1) is 0 Å². The van der Waals surface area contributed by atoms with Crippen molar-refractivity contribution in [3.05, 3.63) is 0 Å². The highest BCUT2D eigenvalue weighted by Gasteiger charge is 2.02. The van der Waals surface area contributed by atoms with E-state index in [2.05, 4.69) is 15.9 Å². The summed E-state index contributed by atoms with van der Waals surface area (Å²) in [6.07, 6.45) is 4.76. The minimum Gasteiger partial charge on any atom is -0.481 e. The maximum atomic E-state index is 12.7. The van der Waals surface area contributed by atoms with Crippen LogP contribution in [0.4, 0.5) is 4.39 Å². The van der Waals surface area contributed by atoms with Gasteiger partial charge in [0, 0.05) is 11.8 Å². The molecule has 0 fully saturated rings. The van der Waals surface area contributed by atoms with Crippen molar-refractivity contribution in [3.8, 4) is 0 Å². The molecule has 2 nitrogen and oxygen atoms in total. The van der Waals surface area contributed by atoms with Crippen molar-refractivity contribution in [3.63, 3.8) is 0 Å². The molecule has 0 aromatic carbocycles. The Morgan fingerprint density at radius 1 is 1.21 bits per heavy atom. The number of hydrogen-bond acceptors (Lipinski definition) is 1. The Hall–Kier alpha value is -0.120. The lowest BCUT2D eigenvalue weighted by atomic mass is 10.1. The van der Waals surface area contributed by atoms with Gasteiger partial charge in [0.15, 0.2) is 0 Å². The second-order valence-corrected chi connectivity index (χ2v) is 4.10. The lowest BCUT2D eigenvalue weighted by Crippen LogP contribution is -2.00. The zero-order valence-electron chi connectivity index (χ0n) is 8.35. The monoisotopic (exact) mass is 268 g/mol. The van der Waals surface area contributed by atoms with Gasteiger partial charge in [0.2, 0.25) is 0 Å². The Labute approximate surface area is 93.0 Å². The van der Waals surface area contributed by atoms with Crippen molar-refractivity contribution < 1.29 is 14.3 Å². The molecule has 1 atom stereocenters. The Balaban J connectivity index is 3.02. The van der Waals surface area contributed by atoms with Crippen molar-refractivity contribution in [2.24, 2.45) is 0 Å². The number of unbranched alkanes of at least 4 members (excludes halogenated alkanes) is 4. The quantitative estimate of drug-likeness (QED) is 0.513. The van der Waals surface area contributed by atoms with Crippen LogP contribution in [0.25, 0.3) is 0 Å². The molecule has 0 radical (unpaired) electrons. The van der Waals surface area contributed by atoms with E-state index in [1.807, 2.05) is 0 Å². The second-order valence-electron chi connectivity index (χ2n) is 3.45. The molecular weight excluding hydrogens is 251 g/mol. The molecule has 0 rings (SSSR count). The van der Waals surface area contributed by atoms with Crippen molar-refractivity contribution in [2.75, 3.05) is 5.33 Å². The van der Waals surface area contributed by atoms with Gasteiger partial charge in [-0.25, -0.2) is 4.39 Å². The second kappa shape index (κ2) is 9.44. The first-order valence-electron chi connectivity index (χ1n) is 5.08. The zero-order chi connectivity index (χ0) is 10.8. The number of alkyl halides is 2. The van der Waals surface area contributed by atoms with E-state index in [1.165, 1.54) is 0 Å². The fourth-order valence-corrected chi connectivity index (χ4v) is 1.57. The van der Waals surface area contributed by atoms with E-state index >= 15 is 0 Å². The molecule has 0 saturated heterocycles. The zero-order valence-corrected chi connectivity index (χ0v) is 9.93. The largest absolute Gasteiger partial charge is 0.481 e. The normalized spacial score (nSPS) is 12.7. The average Bonchev–Trinajstić information content (AvgIpc) is 2.15. The Morgan fingerprint density at radius 3 is 2.36 bits per heavy atom. The van der Waals surface area contributed by atoms with Gasteiger partial charge in [0.05, 0.1) is 0 Å². The van der Waals surface area contributed by atoms with Gasteiger partial charge in [0.1, 0.15) is 6.17 Å². The van der Waals surface area contributed by atoms with E-state index in [-0.39, 0.29) is 6.42 Å². The minimum atomic E-state index is -0.729. The number of halogens is 2. The highest BCUT2D eigenvalue weighted by atomic mass is 79.9. The highest BCUT2D eigenvalue weighted by molar-refractivity contribution is 9.09. The first kappa shape index (κ1) is 13.9. The molecule has 0 bridgehead atoms. The Morgan fingerprint density at radius 2 is 1.79 bits per heavy atom. The standard InChI is InChI=1S/C10H18BrFO2/c11-8-9(12)6-4-2-1-3-5-7-10(13)14/h9H,1-8H2,(H,13,14)/t9-/m1/s1. The van der Waals surface area contributed by atoms with Gasteiger partial charge in [0.25, 0.3) is 0 Å². The van der Waals surface area contributed by atoms with Gasteiger partial charge in [-0.2, -0.15) is 0 Å². The fraction of sp³-hybridized carbons (Fsp3) is 0.900. The molecule has 0 spiro atoms. The van der Waals surface area contributed by atoms with Crippen LogP contribution in [-0.4, -0.2) is 22.6 Å². The summed E-state index contributed by atoms with van der Waals surface area (Å²) < 4.78 is 12.7. The summed E-state index contributed by atoms with van der Waals surface area (Å²) >= 11 is 3.08. The molecule has 0 aromatic heterocycles. The topological polar surface area (TPSA) is 37.3 Å². The number of hydrogen-bond donors (Lipinski definition) is 1. The summed E-state index contributed by atoms with van der Waals surface area (Å²) in [6, 6.07) is 0. The molecule has 0 aliphatic heterocycles. The fourth-order valence-electron chi connectivity index (χ4n) is 1.25. The Kier molecular flexibility index (Phi) is 9.35. The molecule has 1 N–H and O–H groups in total. The van der Waals surface area contributed by atoms with Crippen LogP contribution in [0.2, 0.25) is 0 Å². The van der Waals surface area contributed by atoms with Crippen LogP contribution in [0.1, 0.15) is 44.9 Å². The summed E-state index contributed by atoms with van der Waals surface area (Å²) in [5.74, 6) is -0.729. The molecular formula is C10H18BrFO2. The number of aliphatic carboxylic acids is 1. The number of carbonyl (C=O) groups is 1. The molecule has 0 heterocycles. The van der Waals surface area contributed by atoms with Crippen LogP contribution >= 0.6 is 15.9 Å². The first-order valence-corrected chi connectivity index (χ1v) is 6.20. The van der Waals surface area contributed by atoms with Crippen molar-refractivity contribution in [1.29, 1.82) is 0 Å². The number of carboxylic acids is 1. The van der Waals surface area contributed by atoms with Gasteiger partial charge in [-0.05, 0) is 12.8 Å². The Bertz CT molecular complexity index is 153. The average molecular weight is 269 g/mol. The molecule has 84 valence electrons. The first-order chi connectivity index (χ1) is 6.66. The molecule has 4 heteroatoms. The molecule has 0 aliphatic carbocycles. The third-order valence-electron chi connectivity index (χ3n) is 2.08. The molecule has 0 saturated carbocycles. The van der Waals surface area contributed by atoms with E-state index in [1.54, 1.807) is 0 Å². The van der Waals surface area contributed by atoms with Crippen LogP contribution in [0.15, 0.2) is 0 Å². The van der Waals surface area contributed by atoms with Gasteiger partial charge >= 0.3 is 5.97 Å². The number of carboxylic acid groups (broad SMARTS) is 1. The van der Waals surface area contributed by atoms with Gasteiger partial charge in [-0.1, -0.05) is 41.6 Å². The van der Waals surface area contributed by atoms with Gasteiger partial charge < -0.3 is 5.11 Å². The van der Waals surface area contributed by atoms with Crippen LogP contribution in [0.3, 0.4) is 0 Å². The smallest absolute Gasteiger partial charge is 0.303 e. The predicted molar refractivity (Wildman–Crippen MR) is 58.6 cm³/mol. The summed E-state index contributed by atoms with van der Waals surface area (Å²) in [5.41, 5.74) is 0. The SMILES string of the molecule is O=C(O)CCCCCCC[C@@H](F)CBr.